The lowest BCUT2D eigenvalue weighted by Crippen LogP contribution is -2.18. The fourth-order valence-corrected chi connectivity index (χ4v) is 3.21. The van der Waals surface area contributed by atoms with Gasteiger partial charge < -0.3 is 14.8 Å². The second-order valence-electron chi connectivity index (χ2n) is 7.14. The molecule has 0 bridgehead atoms. The summed E-state index contributed by atoms with van der Waals surface area (Å²) in [7, 11) is 0. The summed E-state index contributed by atoms with van der Waals surface area (Å²) in [5.41, 5.74) is 3.23. The van der Waals surface area contributed by atoms with Gasteiger partial charge in [-0.15, -0.1) is 0 Å². The number of rotatable bonds is 7. The first-order valence-electron chi connectivity index (χ1n) is 10.2. The highest BCUT2D eigenvalue weighted by molar-refractivity contribution is 6.30. The van der Waals surface area contributed by atoms with E-state index in [1.807, 2.05) is 54.6 Å². The molecule has 0 aliphatic rings. The van der Waals surface area contributed by atoms with E-state index in [1.165, 1.54) is 0 Å². The first-order valence-corrected chi connectivity index (χ1v) is 10.6. The van der Waals surface area contributed by atoms with Crippen molar-refractivity contribution in [1.29, 1.82) is 0 Å². The number of carbonyl (C=O) groups is 2. The summed E-state index contributed by atoms with van der Waals surface area (Å²) in [6.45, 7) is -0.233. The summed E-state index contributed by atoms with van der Waals surface area (Å²) in [4.78, 5) is 24.5. The quantitative estimate of drug-likeness (QED) is 0.263. The summed E-state index contributed by atoms with van der Waals surface area (Å²) >= 11 is 5.85. The predicted octanol–water partition coefficient (Wildman–Crippen LogP) is 6.24. The van der Waals surface area contributed by atoms with E-state index in [4.69, 9.17) is 21.1 Å². The van der Waals surface area contributed by atoms with Gasteiger partial charge in [-0.3, -0.25) is 4.79 Å². The van der Waals surface area contributed by atoms with Crippen LogP contribution in [-0.4, -0.2) is 18.5 Å². The molecule has 4 rings (SSSR count). The van der Waals surface area contributed by atoms with Crippen molar-refractivity contribution in [2.24, 2.45) is 0 Å². The van der Waals surface area contributed by atoms with Crippen molar-refractivity contribution in [1.82, 2.24) is 0 Å². The van der Waals surface area contributed by atoms with E-state index in [0.717, 1.165) is 11.1 Å². The number of nitrogens with one attached hydrogen (secondary N) is 1. The van der Waals surface area contributed by atoms with Crippen LogP contribution in [-0.2, 0) is 4.79 Å². The average Bonchev–Trinajstić information content (AvgIpc) is 2.85. The first-order chi connectivity index (χ1) is 16.1. The zero-order valence-corrected chi connectivity index (χ0v) is 18.3. The molecule has 4 aromatic carbocycles. The standard InChI is InChI=1S/C27H20ClNO4/c28-22-10-12-23(13-11-22)29-27(31)21-8-16-25(17-9-21)33-26(30)18-32-24-14-6-20(7-15-24)19-4-2-1-3-5-19/h1-17H,18H2,(H,29,31). The molecule has 0 heterocycles. The minimum absolute atomic E-state index is 0.233. The minimum Gasteiger partial charge on any atom is -0.482 e. The second kappa shape index (κ2) is 10.5. The zero-order chi connectivity index (χ0) is 23.0. The minimum atomic E-state index is -0.541. The largest absolute Gasteiger partial charge is 0.482 e. The topological polar surface area (TPSA) is 64.6 Å². The Hall–Kier alpha value is -4.09. The van der Waals surface area contributed by atoms with Crippen LogP contribution in [0.5, 0.6) is 11.5 Å². The van der Waals surface area contributed by atoms with Crippen molar-refractivity contribution in [3.63, 3.8) is 0 Å². The van der Waals surface area contributed by atoms with Gasteiger partial charge in [-0.05, 0) is 71.8 Å². The number of ether oxygens (including phenoxy) is 2. The molecule has 0 spiro atoms. The molecule has 0 aromatic heterocycles. The van der Waals surface area contributed by atoms with Crippen LogP contribution in [0.25, 0.3) is 11.1 Å². The number of halogens is 1. The Balaban J connectivity index is 1.27. The lowest BCUT2D eigenvalue weighted by molar-refractivity contribution is -0.136. The third kappa shape index (κ3) is 6.21. The maximum Gasteiger partial charge on any atom is 0.349 e. The highest BCUT2D eigenvalue weighted by Crippen LogP contribution is 2.22. The number of anilines is 1. The zero-order valence-electron chi connectivity index (χ0n) is 17.5. The molecule has 1 amide bonds. The highest BCUT2D eigenvalue weighted by Gasteiger charge is 2.10. The van der Waals surface area contributed by atoms with Crippen molar-refractivity contribution in [3.8, 4) is 22.6 Å². The summed E-state index contributed by atoms with van der Waals surface area (Å²) in [5.74, 6) is 0.0740. The molecule has 164 valence electrons. The van der Waals surface area contributed by atoms with E-state index in [2.05, 4.69) is 5.32 Å². The van der Waals surface area contributed by atoms with Crippen LogP contribution in [0, 0.1) is 0 Å². The molecule has 0 saturated carbocycles. The van der Waals surface area contributed by atoms with Crippen molar-refractivity contribution in [2.45, 2.75) is 0 Å². The van der Waals surface area contributed by atoms with Gasteiger partial charge in [0.2, 0.25) is 0 Å². The molecule has 0 fully saturated rings. The van der Waals surface area contributed by atoms with Gasteiger partial charge in [0.15, 0.2) is 6.61 Å². The van der Waals surface area contributed by atoms with Crippen LogP contribution in [0.15, 0.2) is 103 Å². The number of amides is 1. The molecule has 0 radical (unpaired) electrons. The van der Waals surface area contributed by atoms with E-state index >= 15 is 0 Å². The monoisotopic (exact) mass is 457 g/mol. The van der Waals surface area contributed by atoms with Crippen molar-refractivity contribution in [2.75, 3.05) is 11.9 Å². The van der Waals surface area contributed by atoms with E-state index in [1.54, 1.807) is 48.5 Å². The summed E-state index contributed by atoms with van der Waals surface area (Å²) < 4.78 is 10.8. The molecule has 1 N–H and O–H groups in total. The Morgan fingerprint density at radius 2 is 1.30 bits per heavy atom. The molecule has 0 aliphatic carbocycles. The predicted molar refractivity (Wildman–Crippen MR) is 129 cm³/mol. The van der Waals surface area contributed by atoms with Crippen LogP contribution in [0.2, 0.25) is 5.02 Å². The van der Waals surface area contributed by atoms with Crippen LogP contribution in [0.4, 0.5) is 5.69 Å². The van der Waals surface area contributed by atoms with Gasteiger partial charge in [-0.25, -0.2) is 4.79 Å². The Morgan fingerprint density at radius 3 is 1.97 bits per heavy atom. The number of benzene rings is 4. The smallest absolute Gasteiger partial charge is 0.349 e. The normalized spacial score (nSPS) is 10.3. The molecule has 0 aliphatic heterocycles. The summed E-state index contributed by atoms with van der Waals surface area (Å²) in [6.07, 6.45) is 0. The van der Waals surface area contributed by atoms with Gasteiger partial charge in [-0.1, -0.05) is 54.1 Å². The molecule has 0 atom stereocenters. The van der Waals surface area contributed by atoms with Crippen molar-refractivity contribution in [3.05, 3.63) is 114 Å². The number of esters is 1. The number of hydrogen-bond acceptors (Lipinski definition) is 4. The third-order valence-corrected chi connectivity index (χ3v) is 5.02. The van der Waals surface area contributed by atoms with Crippen molar-refractivity contribution >= 4 is 29.2 Å². The molecule has 33 heavy (non-hydrogen) atoms. The maximum atomic E-state index is 12.3. The Morgan fingerprint density at radius 1 is 0.697 bits per heavy atom. The van der Waals surface area contributed by atoms with E-state index in [-0.39, 0.29) is 12.5 Å². The molecule has 6 heteroatoms. The molecule has 0 unspecified atom stereocenters. The maximum absolute atomic E-state index is 12.3. The fraction of sp³-hybridized carbons (Fsp3) is 0.0370. The lowest BCUT2D eigenvalue weighted by Gasteiger charge is -2.09. The van der Waals surface area contributed by atoms with Gasteiger partial charge in [0.25, 0.3) is 5.91 Å². The van der Waals surface area contributed by atoms with Gasteiger partial charge >= 0.3 is 5.97 Å². The van der Waals surface area contributed by atoms with E-state index < -0.39 is 5.97 Å². The first kappa shape index (κ1) is 22.1. The lowest BCUT2D eigenvalue weighted by atomic mass is 10.1. The van der Waals surface area contributed by atoms with Gasteiger partial charge in [-0.2, -0.15) is 0 Å². The molecular weight excluding hydrogens is 438 g/mol. The summed E-state index contributed by atoms with van der Waals surface area (Å²) in [5, 5.41) is 3.36. The average molecular weight is 458 g/mol. The SMILES string of the molecule is O=C(COc1ccc(-c2ccccc2)cc1)Oc1ccc(C(=O)Nc2ccc(Cl)cc2)cc1. The van der Waals surface area contributed by atoms with Gasteiger partial charge in [0.1, 0.15) is 11.5 Å². The Labute approximate surface area is 196 Å². The van der Waals surface area contributed by atoms with Crippen LogP contribution in [0.1, 0.15) is 10.4 Å². The Bertz CT molecular complexity index is 1220. The van der Waals surface area contributed by atoms with E-state index in [9.17, 15) is 9.59 Å². The van der Waals surface area contributed by atoms with Crippen LogP contribution in [0.3, 0.4) is 0 Å². The third-order valence-electron chi connectivity index (χ3n) is 4.77. The molecule has 0 saturated heterocycles. The van der Waals surface area contributed by atoms with Crippen LogP contribution < -0.4 is 14.8 Å². The molecule has 4 aromatic rings. The fourth-order valence-electron chi connectivity index (χ4n) is 3.09. The second-order valence-corrected chi connectivity index (χ2v) is 7.57. The number of carbonyl (C=O) groups excluding carboxylic acids is 2. The van der Waals surface area contributed by atoms with Crippen molar-refractivity contribution < 1.29 is 19.1 Å². The Kier molecular flexibility index (Phi) is 7.03. The molecular formula is C27H20ClNO4. The highest BCUT2D eigenvalue weighted by atomic mass is 35.5. The molecule has 5 nitrogen and oxygen atoms in total. The summed E-state index contributed by atoms with van der Waals surface area (Å²) in [6, 6.07) is 30.6. The van der Waals surface area contributed by atoms with E-state index in [0.29, 0.717) is 27.8 Å². The van der Waals surface area contributed by atoms with Crippen LogP contribution >= 0.6 is 11.6 Å². The number of hydrogen-bond donors (Lipinski definition) is 1. The van der Waals surface area contributed by atoms with Gasteiger partial charge in [0, 0.05) is 16.3 Å². The van der Waals surface area contributed by atoms with Gasteiger partial charge in [0.05, 0.1) is 0 Å².